The maximum Gasteiger partial charge on any atom is 0.227 e. The summed E-state index contributed by atoms with van der Waals surface area (Å²) in [7, 11) is 0. The summed E-state index contributed by atoms with van der Waals surface area (Å²) in [5, 5.41) is 3.52. The highest BCUT2D eigenvalue weighted by atomic mass is 15.3. The highest BCUT2D eigenvalue weighted by Gasteiger charge is 2.19. The zero-order valence-corrected chi connectivity index (χ0v) is 15.5. The lowest BCUT2D eigenvalue weighted by Crippen LogP contribution is -2.34. The summed E-state index contributed by atoms with van der Waals surface area (Å²) in [6.45, 7) is 12.9. The molecule has 3 rings (SSSR count). The molecule has 1 aromatic heterocycles. The van der Waals surface area contributed by atoms with Crippen LogP contribution in [0, 0.1) is 33.6 Å². The number of nitrogens with one attached hydrogen (secondary N) is 1. The van der Waals surface area contributed by atoms with Crippen LogP contribution in [0.5, 0.6) is 0 Å². The molecule has 1 aliphatic heterocycles. The van der Waals surface area contributed by atoms with E-state index in [0.29, 0.717) is 0 Å². The van der Waals surface area contributed by atoms with Crippen LogP contribution in [0.2, 0.25) is 0 Å². The van der Waals surface area contributed by atoms with Crippen molar-refractivity contribution >= 4 is 17.5 Å². The molecule has 1 aliphatic rings. The Labute approximate surface area is 145 Å². The number of nitrogens with zero attached hydrogens (tertiary/aromatic N) is 3. The third kappa shape index (κ3) is 3.69. The van der Waals surface area contributed by atoms with Crippen molar-refractivity contribution in [3.8, 4) is 0 Å². The van der Waals surface area contributed by atoms with Crippen LogP contribution in [0.4, 0.5) is 17.5 Å². The highest BCUT2D eigenvalue weighted by Crippen LogP contribution is 2.27. The standard InChI is InChI=1S/C20H28N4/c1-13-6-8-24(9-7-13)20-21-17(5)12-18(23-20)22-19-15(3)10-14(2)11-16(19)4/h10-13H,6-9H2,1-5H3,(H,21,22,23). The molecule has 128 valence electrons. The molecule has 0 bridgehead atoms. The van der Waals surface area contributed by atoms with Gasteiger partial charge < -0.3 is 10.2 Å². The minimum Gasteiger partial charge on any atom is -0.341 e. The normalized spacial score (nSPS) is 15.6. The van der Waals surface area contributed by atoms with E-state index < -0.39 is 0 Å². The molecule has 0 aliphatic carbocycles. The lowest BCUT2D eigenvalue weighted by molar-refractivity contribution is 0.434. The van der Waals surface area contributed by atoms with Gasteiger partial charge in [0.15, 0.2) is 0 Å². The van der Waals surface area contributed by atoms with Gasteiger partial charge in [0.25, 0.3) is 0 Å². The molecule has 0 saturated carbocycles. The zero-order valence-electron chi connectivity index (χ0n) is 15.5. The van der Waals surface area contributed by atoms with Gasteiger partial charge in [-0.2, -0.15) is 4.98 Å². The van der Waals surface area contributed by atoms with Crippen LogP contribution in [0.3, 0.4) is 0 Å². The topological polar surface area (TPSA) is 41.1 Å². The summed E-state index contributed by atoms with van der Waals surface area (Å²) in [5.74, 6) is 2.54. The maximum atomic E-state index is 4.79. The smallest absolute Gasteiger partial charge is 0.227 e. The number of anilines is 3. The summed E-state index contributed by atoms with van der Waals surface area (Å²) in [5.41, 5.74) is 5.94. The first-order valence-electron chi connectivity index (χ1n) is 8.88. The average Bonchev–Trinajstić information content (AvgIpc) is 2.51. The predicted molar refractivity (Wildman–Crippen MR) is 101 cm³/mol. The summed E-state index contributed by atoms with van der Waals surface area (Å²) in [6, 6.07) is 6.43. The van der Waals surface area contributed by atoms with E-state index in [4.69, 9.17) is 4.98 Å². The molecule has 0 unspecified atom stereocenters. The van der Waals surface area contributed by atoms with E-state index in [1.807, 2.05) is 13.0 Å². The van der Waals surface area contributed by atoms with Gasteiger partial charge in [0, 0.05) is 30.5 Å². The number of piperidine rings is 1. The molecule has 4 nitrogen and oxygen atoms in total. The number of aryl methyl sites for hydroxylation is 4. The minimum atomic E-state index is 0.807. The SMILES string of the molecule is Cc1cc(C)c(Nc2cc(C)nc(N3CCC(C)CC3)n2)c(C)c1. The minimum absolute atomic E-state index is 0.807. The molecule has 0 atom stereocenters. The van der Waals surface area contributed by atoms with Gasteiger partial charge in [0.05, 0.1) is 0 Å². The molecular formula is C20H28N4. The molecule has 24 heavy (non-hydrogen) atoms. The van der Waals surface area contributed by atoms with E-state index in [1.165, 1.54) is 29.5 Å². The molecule has 0 amide bonds. The van der Waals surface area contributed by atoms with Crippen LogP contribution in [0.1, 0.15) is 42.1 Å². The van der Waals surface area contributed by atoms with Gasteiger partial charge in [-0.25, -0.2) is 4.98 Å². The molecule has 0 radical (unpaired) electrons. The van der Waals surface area contributed by atoms with Crippen molar-refractivity contribution in [2.75, 3.05) is 23.3 Å². The molecule has 1 fully saturated rings. The van der Waals surface area contributed by atoms with Gasteiger partial charge >= 0.3 is 0 Å². The Balaban J connectivity index is 1.87. The van der Waals surface area contributed by atoms with Gasteiger partial charge in [-0.05, 0) is 57.6 Å². The molecule has 4 heteroatoms. The van der Waals surface area contributed by atoms with Crippen molar-refractivity contribution < 1.29 is 0 Å². The fraction of sp³-hybridized carbons (Fsp3) is 0.500. The van der Waals surface area contributed by atoms with E-state index in [-0.39, 0.29) is 0 Å². The van der Waals surface area contributed by atoms with Crippen molar-refractivity contribution in [2.45, 2.75) is 47.5 Å². The Morgan fingerprint density at radius 2 is 1.58 bits per heavy atom. The van der Waals surface area contributed by atoms with Crippen LogP contribution in [-0.4, -0.2) is 23.1 Å². The van der Waals surface area contributed by atoms with E-state index in [2.05, 4.69) is 55.0 Å². The Bertz CT molecular complexity index is 707. The molecular weight excluding hydrogens is 296 g/mol. The van der Waals surface area contributed by atoms with Crippen molar-refractivity contribution in [2.24, 2.45) is 5.92 Å². The van der Waals surface area contributed by atoms with E-state index in [0.717, 1.165) is 42.2 Å². The number of hydrogen-bond acceptors (Lipinski definition) is 4. The van der Waals surface area contributed by atoms with Crippen LogP contribution >= 0.6 is 0 Å². The summed E-state index contributed by atoms with van der Waals surface area (Å²) in [6.07, 6.45) is 2.44. The average molecular weight is 324 g/mol. The van der Waals surface area contributed by atoms with Gasteiger partial charge in [0.1, 0.15) is 5.82 Å². The molecule has 1 saturated heterocycles. The first-order chi connectivity index (χ1) is 11.4. The fourth-order valence-corrected chi connectivity index (χ4v) is 3.47. The van der Waals surface area contributed by atoms with E-state index >= 15 is 0 Å². The third-order valence-corrected chi connectivity index (χ3v) is 4.84. The lowest BCUT2D eigenvalue weighted by atomic mass is 10.00. The van der Waals surface area contributed by atoms with Gasteiger partial charge in [0.2, 0.25) is 5.95 Å². The highest BCUT2D eigenvalue weighted by molar-refractivity contribution is 5.66. The Kier molecular flexibility index (Phi) is 4.74. The van der Waals surface area contributed by atoms with Crippen molar-refractivity contribution in [1.82, 2.24) is 9.97 Å². The maximum absolute atomic E-state index is 4.79. The third-order valence-electron chi connectivity index (χ3n) is 4.84. The van der Waals surface area contributed by atoms with Gasteiger partial charge in [-0.3, -0.25) is 0 Å². The second-order valence-corrected chi connectivity index (χ2v) is 7.26. The first kappa shape index (κ1) is 16.7. The van der Waals surface area contributed by atoms with E-state index in [1.54, 1.807) is 0 Å². The van der Waals surface area contributed by atoms with Crippen LogP contribution in [0.25, 0.3) is 0 Å². The number of hydrogen-bond donors (Lipinski definition) is 1. The Morgan fingerprint density at radius 1 is 0.958 bits per heavy atom. The Morgan fingerprint density at radius 3 is 2.21 bits per heavy atom. The molecule has 1 N–H and O–H groups in total. The molecule has 1 aromatic carbocycles. The number of aromatic nitrogens is 2. The summed E-state index contributed by atoms with van der Waals surface area (Å²) >= 11 is 0. The monoisotopic (exact) mass is 324 g/mol. The number of rotatable bonds is 3. The number of benzene rings is 1. The van der Waals surface area contributed by atoms with Crippen molar-refractivity contribution in [3.05, 3.63) is 40.6 Å². The molecule has 0 spiro atoms. The van der Waals surface area contributed by atoms with Crippen LogP contribution < -0.4 is 10.2 Å². The van der Waals surface area contributed by atoms with Crippen LogP contribution in [-0.2, 0) is 0 Å². The van der Waals surface area contributed by atoms with Crippen molar-refractivity contribution in [1.29, 1.82) is 0 Å². The largest absolute Gasteiger partial charge is 0.341 e. The van der Waals surface area contributed by atoms with Crippen LogP contribution in [0.15, 0.2) is 18.2 Å². The quantitative estimate of drug-likeness (QED) is 0.889. The first-order valence-corrected chi connectivity index (χ1v) is 8.88. The fourth-order valence-electron chi connectivity index (χ4n) is 3.47. The molecule has 2 heterocycles. The Hall–Kier alpha value is -2.10. The summed E-state index contributed by atoms with van der Waals surface area (Å²) in [4.78, 5) is 11.8. The zero-order chi connectivity index (χ0) is 17.3. The summed E-state index contributed by atoms with van der Waals surface area (Å²) < 4.78 is 0. The van der Waals surface area contributed by atoms with Gasteiger partial charge in [-0.15, -0.1) is 0 Å². The second-order valence-electron chi connectivity index (χ2n) is 7.26. The van der Waals surface area contributed by atoms with Gasteiger partial charge in [-0.1, -0.05) is 24.6 Å². The van der Waals surface area contributed by atoms with Crippen molar-refractivity contribution in [3.63, 3.8) is 0 Å². The lowest BCUT2D eigenvalue weighted by Gasteiger charge is -2.30. The van der Waals surface area contributed by atoms with E-state index in [9.17, 15) is 0 Å². The molecule has 2 aromatic rings. The predicted octanol–water partition coefficient (Wildman–Crippen LogP) is 4.69. The second kappa shape index (κ2) is 6.80.